The van der Waals surface area contributed by atoms with Crippen LogP contribution < -0.4 is 5.73 Å². The molecule has 0 spiro atoms. The van der Waals surface area contributed by atoms with Crippen molar-refractivity contribution in [3.63, 3.8) is 0 Å². The van der Waals surface area contributed by atoms with Gasteiger partial charge in [-0.05, 0) is 12.8 Å². The molecule has 10 heteroatoms. The summed E-state index contributed by atoms with van der Waals surface area (Å²) in [5.74, 6) is 0.0958. The summed E-state index contributed by atoms with van der Waals surface area (Å²) in [6, 6.07) is 0. The molecule has 0 unspecified atom stereocenters. The Morgan fingerprint density at radius 2 is 2.00 bits per heavy atom. The molecule has 2 N–H and O–H groups in total. The minimum Gasteiger partial charge on any atom is -0.465 e. The average molecular weight is 369 g/mol. The van der Waals surface area contributed by atoms with Crippen LogP contribution in [0.25, 0.3) is 0 Å². The number of ether oxygens (including phenoxy) is 2. The maximum atomic E-state index is 12.0. The van der Waals surface area contributed by atoms with Crippen molar-refractivity contribution >= 4 is 40.0 Å². The summed E-state index contributed by atoms with van der Waals surface area (Å²) < 4.78 is 15.1. The van der Waals surface area contributed by atoms with Crippen LogP contribution in [0.1, 0.15) is 50.2 Å². The molecule has 2 aromatic heterocycles. The first-order valence-electron chi connectivity index (χ1n) is 7.09. The highest BCUT2D eigenvalue weighted by Crippen LogP contribution is 2.41. The molecule has 0 bridgehead atoms. The fourth-order valence-corrected chi connectivity index (χ4v) is 4.00. The first-order chi connectivity index (χ1) is 11.5. The molecule has 0 atom stereocenters. The number of hydrogen-bond acceptors (Lipinski definition) is 10. The summed E-state index contributed by atoms with van der Waals surface area (Å²) in [5, 5.41) is 8.57. The fourth-order valence-electron chi connectivity index (χ4n) is 2.11. The summed E-state index contributed by atoms with van der Waals surface area (Å²) in [4.78, 5) is 24.2. The van der Waals surface area contributed by atoms with E-state index in [0.717, 1.165) is 24.2 Å². The van der Waals surface area contributed by atoms with E-state index in [9.17, 15) is 9.59 Å². The molecular formula is C14H15N3O5S2. The van der Waals surface area contributed by atoms with Crippen LogP contribution >= 0.6 is 23.1 Å². The Bertz CT molecular complexity index is 781. The van der Waals surface area contributed by atoms with Crippen molar-refractivity contribution < 1.29 is 23.5 Å². The van der Waals surface area contributed by atoms with Gasteiger partial charge in [0.1, 0.15) is 9.88 Å². The Morgan fingerprint density at radius 3 is 2.62 bits per heavy atom. The van der Waals surface area contributed by atoms with Gasteiger partial charge in [0.2, 0.25) is 5.89 Å². The predicted octanol–water partition coefficient (Wildman–Crippen LogP) is 2.46. The van der Waals surface area contributed by atoms with Crippen molar-refractivity contribution in [2.75, 3.05) is 20.0 Å². The smallest absolute Gasteiger partial charge is 0.348 e. The van der Waals surface area contributed by atoms with Crippen molar-refractivity contribution in [3.05, 3.63) is 21.9 Å². The lowest BCUT2D eigenvalue weighted by molar-refractivity contribution is 0.0601. The Labute approximate surface area is 145 Å². The van der Waals surface area contributed by atoms with Gasteiger partial charge in [0.05, 0.1) is 19.8 Å². The quantitative estimate of drug-likeness (QED) is 0.605. The van der Waals surface area contributed by atoms with Gasteiger partial charge >= 0.3 is 11.9 Å². The van der Waals surface area contributed by atoms with E-state index in [2.05, 4.69) is 10.2 Å². The van der Waals surface area contributed by atoms with Gasteiger partial charge in [-0.15, -0.1) is 21.5 Å². The third kappa shape index (κ3) is 3.24. The van der Waals surface area contributed by atoms with Gasteiger partial charge in [0.25, 0.3) is 5.22 Å². The van der Waals surface area contributed by atoms with Crippen molar-refractivity contribution in [2.24, 2.45) is 0 Å². The number of carbonyl (C=O) groups is 2. The van der Waals surface area contributed by atoms with E-state index >= 15 is 0 Å². The van der Waals surface area contributed by atoms with E-state index in [1.165, 1.54) is 26.0 Å². The number of nitrogens with zero attached hydrogens (tertiary/aromatic N) is 2. The molecule has 8 nitrogen and oxygen atoms in total. The van der Waals surface area contributed by atoms with Gasteiger partial charge in [-0.3, -0.25) is 0 Å². The number of rotatable bonds is 6. The zero-order chi connectivity index (χ0) is 17.3. The van der Waals surface area contributed by atoms with Gasteiger partial charge in [0.15, 0.2) is 0 Å². The molecule has 0 aromatic carbocycles. The highest BCUT2D eigenvalue weighted by atomic mass is 32.2. The second-order valence-electron chi connectivity index (χ2n) is 5.10. The van der Waals surface area contributed by atoms with Crippen LogP contribution in [0.3, 0.4) is 0 Å². The Morgan fingerprint density at radius 1 is 1.29 bits per heavy atom. The number of anilines is 1. The van der Waals surface area contributed by atoms with E-state index in [0.29, 0.717) is 22.6 Å². The van der Waals surface area contributed by atoms with Crippen molar-refractivity contribution in [2.45, 2.75) is 29.7 Å². The van der Waals surface area contributed by atoms with Crippen molar-refractivity contribution in [1.82, 2.24) is 10.2 Å². The summed E-state index contributed by atoms with van der Waals surface area (Å²) in [6.45, 7) is 0. The first kappa shape index (κ1) is 16.8. The van der Waals surface area contributed by atoms with Crippen LogP contribution in [-0.4, -0.2) is 36.4 Å². The van der Waals surface area contributed by atoms with Crippen LogP contribution in [-0.2, 0) is 15.2 Å². The van der Waals surface area contributed by atoms with Crippen LogP contribution in [0.4, 0.5) is 5.00 Å². The zero-order valence-corrected chi connectivity index (χ0v) is 14.7. The van der Waals surface area contributed by atoms with Crippen LogP contribution in [0.15, 0.2) is 9.64 Å². The second kappa shape index (κ2) is 6.81. The van der Waals surface area contributed by atoms with E-state index in [1.54, 1.807) is 0 Å². The summed E-state index contributed by atoms with van der Waals surface area (Å²) in [6.07, 6.45) is 2.12. The lowest BCUT2D eigenvalue weighted by Gasteiger charge is -2.04. The average Bonchev–Trinajstić information content (AvgIpc) is 3.24. The summed E-state index contributed by atoms with van der Waals surface area (Å²) in [7, 11) is 2.53. The number of hydrogen-bond donors (Lipinski definition) is 1. The fraction of sp³-hybridized carbons (Fsp3) is 0.429. The largest absolute Gasteiger partial charge is 0.465 e. The molecule has 3 rings (SSSR count). The summed E-state index contributed by atoms with van der Waals surface area (Å²) >= 11 is 2.23. The highest BCUT2D eigenvalue weighted by Gasteiger charge is 2.30. The van der Waals surface area contributed by atoms with Crippen LogP contribution in [0.5, 0.6) is 0 Å². The maximum absolute atomic E-state index is 12.0. The second-order valence-corrected chi connectivity index (χ2v) is 7.08. The number of thiophene rings is 1. The first-order valence-corrected chi connectivity index (χ1v) is 8.89. The molecule has 2 heterocycles. The molecule has 0 radical (unpaired) electrons. The Kier molecular flexibility index (Phi) is 4.76. The number of methoxy groups -OCH3 is 2. The zero-order valence-electron chi connectivity index (χ0n) is 13.0. The molecule has 24 heavy (non-hydrogen) atoms. The SMILES string of the molecule is COC(=O)c1sc(N)c(C(=O)OC)c1CSc1nnc(C2CC2)o1. The topological polar surface area (TPSA) is 118 Å². The number of nitrogen functional groups attached to an aromatic ring is 1. The van der Waals surface area contributed by atoms with Gasteiger partial charge in [-0.2, -0.15) is 0 Å². The molecule has 128 valence electrons. The molecule has 0 amide bonds. The van der Waals surface area contributed by atoms with Crippen molar-refractivity contribution in [1.29, 1.82) is 0 Å². The minimum atomic E-state index is -0.598. The molecule has 1 aliphatic rings. The molecular weight excluding hydrogens is 354 g/mol. The minimum absolute atomic E-state index is 0.178. The molecule has 1 fully saturated rings. The maximum Gasteiger partial charge on any atom is 0.348 e. The van der Waals surface area contributed by atoms with E-state index in [-0.39, 0.29) is 21.2 Å². The highest BCUT2D eigenvalue weighted by molar-refractivity contribution is 7.98. The van der Waals surface area contributed by atoms with Crippen molar-refractivity contribution in [3.8, 4) is 0 Å². The van der Waals surface area contributed by atoms with Gasteiger partial charge in [0, 0.05) is 17.2 Å². The standard InChI is InChI=1S/C14H15N3O5S2/c1-20-12(18)8-7(9(13(19)21-2)24-10(8)15)5-23-14-17-16-11(22-14)6-3-4-6/h6H,3-5,15H2,1-2H3. The number of esters is 2. The van der Waals surface area contributed by atoms with Gasteiger partial charge in [-0.25, -0.2) is 9.59 Å². The molecule has 1 saturated carbocycles. The van der Waals surface area contributed by atoms with E-state index < -0.39 is 11.9 Å². The van der Waals surface area contributed by atoms with Gasteiger partial charge < -0.3 is 19.6 Å². The van der Waals surface area contributed by atoms with Crippen LogP contribution in [0.2, 0.25) is 0 Å². The third-order valence-corrected chi connectivity index (χ3v) is 5.37. The van der Waals surface area contributed by atoms with Gasteiger partial charge in [-0.1, -0.05) is 11.8 Å². The lowest BCUT2D eigenvalue weighted by atomic mass is 10.1. The number of carbonyl (C=O) groups excluding carboxylic acids is 2. The molecule has 0 saturated heterocycles. The molecule has 2 aromatic rings. The predicted molar refractivity (Wildman–Crippen MR) is 87.2 cm³/mol. The normalized spacial score (nSPS) is 13.8. The summed E-state index contributed by atoms with van der Waals surface area (Å²) in [5.41, 5.74) is 6.51. The molecule has 1 aliphatic carbocycles. The molecule has 0 aliphatic heterocycles. The third-order valence-electron chi connectivity index (χ3n) is 3.48. The number of nitrogens with two attached hydrogens (primary N) is 1. The lowest BCUT2D eigenvalue weighted by Crippen LogP contribution is -2.08. The Hall–Kier alpha value is -2.07. The van der Waals surface area contributed by atoms with E-state index in [1.807, 2.05) is 0 Å². The van der Waals surface area contributed by atoms with E-state index in [4.69, 9.17) is 19.6 Å². The van der Waals surface area contributed by atoms with Crippen LogP contribution in [0, 0.1) is 0 Å². The monoisotopic (exact) mass is 369 g/mol. The number of aromatic nitrogens is 2. The number of thioether (sulfide) groups is 1. The Balaban J connectivity index is 1.85.